The van der Waals surface area contributed by atoms with E-state index in [1.54, 1.807) is 13.8 Å². The molecule has 1 aliphatic rings. The monoisotopic (exact) mass is 299 g/mol. The maximum absolute atomic E-state index is 12.4. The third-order valence-corrected chi connectivity index (χ3v) is 4.43. The number of carboxylic acids is 1. The van der Waals surface area contributed by atoms with Crippen molar-refractivity contribution >= 4 is 11.9 Å². The molecule has 0 bridgehead atoms. The number of aliphatic carboxylic acids is 1. The lowest BCUT2D eigenvalue weighted by molar-refractivity contribution is -0.176. The summed E-state index contributed by atoms with van der Waals surface area (Å²) in [6.45, 7) is 11.7. The summed E-state index contributed by atoms with van der Waals surface area (Å²) in [5.41, 5.74) is -1.70. The zero-order chi connectivity index (χ0) is 16.5. The molecule has 1 aliphatic heterocycles. The summed E-state index contributed by atoms with van der Waals surface area (Å²) in [6, 6.07) is 0. The number of carbonyl (C=O) groups excluding carboxylic acids is 1. The van der Waals surface area contributed by atoms with E-state index < -0.39 is 17.4 Å². The number of carbonyl (C=O) groups is 2. The molecule has 0 amide bonds. The average Bonchev–Trinajstić information content (AvgIpc) is 2.26. The van der Waals surface area contributed by atoms with Gasteiger partial charge in [0.1, 0.15) is 6.10 Å². The number of nitrogens with one attached hydrogen (secondary N) is 1. The fourth-order valence-corrected chi connectivity index (χ4v) is 3.50. The van der Waals surface area contributed by atoms with E-state index in [1.807, 2.05) is 0 Å². The van der Waals surface area contributed by atoms with Gasteiger partial charge in [0.05, 0.1) is 0 Å². The molecule has 122 valence electrons. The van der Waals surface area contributed by atoms with Gasteiger partial charge in [-0.15, -0.1) is 0 Å². The van der Waals surface area contributed by atoms with E-state index in [-0.39, 0.29) is 30.0 Å². The molecule has 1 fully saturated rings. The molecule has 2 N–H and O–H groups in total. The molecular weight excluding hydrogens is 270 g/mol. The molecule has 5 heteroatoms. The minimum Gasteiger partial charge on any atom is -0.480 e. The highest BCUT2D eigenvalue weighted by atomic mass is 16.5. The summed E-state index contributed by atoms with van der Waals surface area (Å²) >= 11 is 0. The number of hydrogen-bond donors (Lipinski definition) is 2. The third kappa shape index (κ3) is 3.96. The molecule has 0 unspecified atom stereocenters. The van der Waals surface area contributed by atoms with Crippen LogP contribution in [-0.2, 0) is 14.3 Å². The summed E-state index contributed by atoms with van der Waals surface area (Å²) in [7, 11) is 0. The number of esters is 1. The van der Waals surface area contributed by atoms with Crippen molar-refractivity contribution in [3.63, 3.8) is 0 Å². The lowest BCUT2D eigenvalue weighted by atomic mass is 9.80. The van der Waals surface area contributed by atoms with Crippen molar-refractivity contribution < 1.29 is 19.4 Å². The van der Waals surface area contributed by atoms with Crippen LogP contribution in [0, 0.1) is 5.41 Å². The van der Waals surface area contributed by atoms with Gasteiger partial charge in [-0.2, -0.15) is 0 Å². The molecule has 1 heterocycles. The maximum Gasteiger partial charge on any atom is 0.323 e. The predicted molar refractivity (Wildman–Crippen MR) is 81.1 cm³/mol. The summed E-state index contributed by atoms with van der Waals surface area (Å²) in [4.78, 5) is 23.9. The normalized spacial score (nSPS) is 21.8. The number of piperidine rings is 1. The largest absolute Gasteiger partial charge is 0.480 e. The van der Waals surface area contributed by atoms with Crippen LogP contribution in [0.1, 0.15) is 67.2 Å². The highest BCUT2D eigenvalue weighted by Gasteiger charge is 2.47. The number of ether oxygens (including phenoxy) is 1. The van der Waals surface area contributed by atoms with Crippen molar-refractivity contribution in [2.45, 2.75) is 84.4 Å². The molecule has 1 rings (SSSR count). The standard InChI is InChI=1S/C16H29NO4/c1-7-16(8-2,12(18)19)13(20)21-11-9-14(3,4)17-15(5,6)10-11/h11,17H,7-10H2,1-6H3,(H,18,19). The fraction of sp³-hybridized carbons (Fsp3) is 0.875. The SMILES string of the molecule is CCC(CC)(C(=O)O)C(=O)OC1CC(C)(C)NC(C)(C)C1. The lowest BCUT2D eigenvalue weighted by Gasteiger charge is -2.46. The van der Waals surface area contributed by atoms with E-state index in [0.717, 1.165) is 0 Å². The van der Waals surface area contributed by atoms with Gasteiger partial charge in [0.15, 0.2) is 5.41 Å². The third-order valence-electron chi connectivity index (χ3n) is 4.43. The molecule has 5 nitrogen and oxygen atoms in total. The molecule has 0 radical (unpaired) electrons. The van der Waals surface area contributed by atoms with Crippen LogP contribution in [0.3, 0.4) is 0 Å². The molecule has 1 saturated heterocycles. The highest BCUT2D eigenvalue weighted by molar-refractivity contribution is 5.99. The molecule has 0 saturated carbocycles. The second kappa shape index (κ2) is 5.95. The van der Waals surface area contributed by atoms with Crippen LogP contribution >= 0.6 is 0 Å². The van der Waals surface area contributed by atoms with E-state index in [4.69, 9.17) is 4.74 Å². The van der Waals surface area contributed by atoms with Crippen molar-refractivity contribution in [1.29, 1.82) is 0 Å². The number of carboxylic acid groups (broad SMARTS) is 1. The Balaban J connectivity index is 2.89. The van der Waals surface area contributed by atoms with Crippen LogP contribution in [0.25, 0.3) is 0 Å². The van der Waals surface area contributed by atoms with E-state index in [9.17, 15) is 14.7 Å². The first-order chi connectivity index (χ1) is 9.48. The molecule has 0 aromatic rings. The highest BCUT2D eigenvalue weighted by Crippen LogP contribution is 2.34. The van der Waals surface area contributed by atoms with Gasteiger partial charge in [0.25, 0.3) is 0 Å². The Hall–Kier alpha value is -1.10. The first kappa shape index (κ1) is 18.0. The summed E-state index contributed by atoms with van der Waals surface area (Å²) in [6.07, 6.45) is 1.61. The van der Waals surface area contributed by atoms with E-state index in [1.165, 1.54) is 0 Å². The smallest absolute Gasteiger partial charge is 0.323 e. The number of rotatable bonds is 5. The number of hydrogen-bond acceptors (Lipinski definition) is 4. The van der Waals surface area contributed by atoms with Gasteiger partial charge < -0.3 is 15.2 Å². The summed E-state index contributed by atoms with van der Waals surface area (Å²) in [5.74, 6) is -1.69. The van der Waals surface area contributed by atoms with Crippen molar-refractivity contribution in [3.05, 3.63) is 0 Å². The van der Waals surface area contributed by atoms with Gasteiger partial charge in [-0.25, -0.2) is 0 Å². The van der Waals surface area contributed by atoms with Gasteiger partial charge >= 0.3 is 11.9 Å². The fourth-order valence-electron chi connectivity index (χ4n) is 3.50. The van der Waals surface area contributed by atoms with Gasteiger partial charge in [0, 0.05) is 23.9 Å². The predicted octanol–water partition coefficient (Wildman–Crippen LogP) is 2.73. The van der Waals surface area contributed by atoms with Gasteiger partial charge in [-0.3, -0.25) is 9.59 Å². The zero-order valence-electron chi connectivity index (χ0n) is 14.1. The van der Waals surface area contributed by atoms with Crippen molar-refractivity contribution in [1.82, 2.24) is 5.32 Å². The average molecular weight is 299 g/mol. The van der Waals surface area contributed by atoms with Crippen LogP contribution in [-0.4, -0.2) is 34.2 Å². The molecular formula is C16H29NO4. The van der Waals surface area contributed by atoms with E-state index >= 15 is 0 Å². The Bertz CT molecular complexity index is 395. The van der Waals surface area contributed by atoms with E-state index in [0.29, 0.717) is 12.8 Å². The second-order valence-electron chi connectivity index (χ2n) is 7.42. The molecule has 0 aliphatic carbocycles. The molecule has 0 aromatic carbocycles. The first-order valence-corrected chi connectivity index (χ1v) is 7.72. The quantitative estimate of drug-likeness (QED) is 0.603. The maximum atomic E-state index is 12.4. The van der Waals surface area contributed by atoms with Crippen LogP contribution in [0.5, 0.6) is 0 Å². The van der Waals surface area contributed by atoms with Crippen molar-refractivity contribution in [2.24, 2.45) is 5.41 Å². The Kier molecular flexibility index (Phi) is 5.09. The van der Waals surface area contributed by atoms with Gasteiger partial charge in [-0.05, 0) is 40.5 Å². The van der Waals surface area contributed by atoms with Gasteiger partial charge in [0.2, 0.25) is 0 Å². The lowest BCUT2D eigenvalue weighted by Crippen LogP contribution is -2.60. The summed E-state index contributed by atoms with van der Waals surface area (Å²) < 4.78 is 5.61. The molecule has 0 spiro atoms. The van der Waals surface area contributed by atoms with Gasteiger partial charge in [-0.1, -0.05) is 13.8 Å². The van der Waals surface area contributed by atoms with Crippen molar-refractivity contribution in [3.8, 4) is 0 Å². The Morgan fingerprint density at radius 3 is 1.90 bits per heavy atom. The Morgan fingerprint density at radius 2 is 1.57 bits per heavy atom. The molecule has 0 aromatic heterocycles. The van der Waals surface area contributed by atoms with Crippen LogP contribution in [0.15, 0.2) is 0 Å². The molecule has 21 heavy (non-hydrogen) atoms. The Labute approximate surface area is 127 Å². The minimum absolute atomic E-state index is 0.142. The second-order valence-corrected chi connectivity index (χ2v) is 7.42. The van der Waals surface area contributed by atoms with E-state index in [2.05, 4.69) is 33.0 Å². The first-order valence-electron chi connectivity index (χ1n) is 7.72. The Morgan fingerprint density at radius 1 is 1.14 bits per heavy atom. The van der Waals surface area contributed by atoms with Crippen LogP contribution in [0.2, 0.25) is 0 Å². The topological polar surface area (TPSA) is 75.6 Å². The summed E-state index contributed by atoms with van der Waals surface area (Å²) in [5, 5.41) is 12.9. The van der Waals surface area contributed by atoms with Crippen LogP contribution < -0.4 is 5.32 Å². The zero-order valence-corrected chi connectivity index (χ0v) is 14.1. The minimum atomic E-state index is -1.42. The van der Waals surface area contributed by atoms with Crippen LogP contribution in [0.4, 0.5) is 0 Å². The van der Waals surface area contributed by atoms with Crippen molar-refractivity contribution in [2.75, 3.05) is 0 Å². The molecule has 0 atom stereocenters.